The molecule has 3 aromatic carbocycles. The minimum Gasteiger partial charge on any atom is -0.316 e. The Morgan fingerprint density at radius 1 is 0.974 bits per heavy atom. The van der Waals surface area contributed by atoms with Crippen LogP contribution >= 0.6 is 0 Å². The summed E-state index contributed by atoms with van der Waals surface area (Å²) in [5.41, 5.74) is 8.22. The van der Waals surface area contributed by atoms with E-state index < -0.39 is 0 Å². The Morgan fingerprint density at radius 3 is 2.59 bits per heavy atom. The van der Waals surface area contributed by atoms with Crippen LogP contribution < -0.4 is 5.56 Å². The van der Waals surface area contributed by atoms with Crippen molar-refractivity contribution in [2.24, 2.45) is 0 Å². The topological polar surface area (TPSA) is 94.3 Å². The highest BCUT2D eigenvalue weighted by Crippen LogP contribution is 2.40. The summed E-state index contributed by atoms with van der Waals surface area (Å²) >= 11 is 0. The number of nitrogens with zero attached hydrogens (tertiary/aromatic N) is 6. The zero-order valence-corrected chi connectivity index (χ0v) is 21.6. The third kappa shape index (κ3) is 3.96. The molecule has 0 amide bonds. The quantitative estimate of drug-likeness (QED) is 0.331. The average Bonchev–Trinajstić information content (AvgIpc) is 3.73. The molecule has 0 fully saturated rings. The van der Waals surface area contributed by atoms with E-state index in [1.807, 2.05) is 60.8 Å². The number of H-pyrrole nitrogens is 1. The Bertz CT molecular complexity index is 1850. The van der Waals surface area contributed by atoms with Gasteiger partial charge in [0.15, 0.2) is 0 Å². The van der Waals surface area contributed by atoms with Gasteiger partial charge in [0.05, 0.1) is 18.1 Å². The van der Waals surface area contributed by atoms with Gasteiger partial charge in [-0.25, -0.2) is 4.98 Å². The summed E-state index contributed by atoms with van der Waals surface area (Å²) in [6, 6.07) is 26.9. The first kappa shape index (κ1) is 23.3. The molecule has 0 spiro atoms. The van der Waals surface area contributed by atoms with E-state index in [-0.39, 0.29) is 11.6 Å². The third-order valence-electron chi connectivity index (χ3n) is 7.72. The fourth-order valence-electron chi connectivity index (χ4n) is 5.92. The van der Waals surface area contributed by atoms with Crippen molar-refractivity contribution < 1.29 is 0 Å². The second-order valence-corrected chi connectivity index (χ2v) is 9.97. The zero-order chi connectivity index (χ0) is 26.3. The Kier molecular flexibility index (Phi) is 5.65. The Balaban J connectivity index is 1.31. The minimum absolute atomic E-state index is 0.00247. The van der Waals surface area contributed by atoms with Crippen LogP contribution in [0.4, 0.5) is 0 Å². The third-order valence-corrected chi connectivity index (χ3v) is 7.72. The molecule has 1 aliphatic rings. The molecule has 3 heterocycles. The summed E-state index contributed by atoms with van der Waals surface area (Å²) in [7, 11) is 0. The number of nitrogens with one attached hydrogen (secondary N) is 1. The number of rotatable bonds is 6. The first-order chi connectivity index (χ1) is 19.2. The fraction of sp³-hybridized carbons (Fsp3) is 0.194. The largest absolute Gasteiger partial charge is 0.316 e. The van der Waals surface area contributed by atoms with Gasteiger partial charge in [0.2, 0.25) is 5.82 Å². The summed E-state index contributed by atoms with van der Waals surface area (Å²) in [5.74, 6) is 1.53. The number of hydrogen-bond acceptors (Lipinski definition) is 5. The fourth-order valence-corrected chi connectivity index (χ4v) is 5.92. The normalized spacial score (nSPS) is 14.6. The van der Waals surface area contributed by atoms with E-state index in [0.29, 0.717) is 17.9 Å². The van der Waals surface area contributed by atoms with Gasteiger partial charge >= 0.3 is 0 Å². The van der Waals surface area contributed by atoms with Crippen LogP contribution in [0.3, 0.4) is 0 Å². The first-order valence-electron chi connectivity index (χ1n) is 13.3. The Morgan fingerprint density at radius 2 is 1.79 bits per heavy atom. The van der Waals surface area contributed by atoms with Gasteiger partial charge in [0.25, 0.3) is 5.56 Å². The second kappa shape index (κ2) is 9.47. The lowest BCUT2D eigenvalue weighted by molar-refractivity contribution is 0.567. The molecule has 0 saturated heterocycles. The predicted octanol–water partition coefficient (Wildman–Crippen LogP) is 5.19. The summed E-state index contributed by atoms with van der Waals surface area (Å²) in [5, 5.41) is 14.7. The maximum Gasteiger partial charge on any atom is 0.277 e. The molecular weight excluding hydrogens is 486 g/mol. The molecule has 3 aromatic heterocycles. The number of pyridine rings is 1. The minimum atomic E-state index is 0.00247. The van der Waals surface area contributed by atoms with Crippen LogP contribution in [0.15, 0.2) is 89.9 Å². The second-order valence-electron chi connectivity index (χ2n) is 9.97. The van der Waals surface area contributed by atoms with Crippen LogP contribution in [0.1, 0.15) is 41.9 Å². The SMILES string of the molecule is CCc1nc2ccn(Cc3ccccc3)c(=O)c2n1[C@H]1CCc2cc(-c3ccccc3-c3nn[nH]n3)ccc21. The lowest BCUT2D eigenvalue weighted by atomic mass is 9.96. The van der Waals surface area contributed by atoms with Gasteiger partial charge in [-0.2, -0.15) is 5.21 Å². The molecule has 39 heavy (non-hydrogen) atoms. The van der Waals surface area contributed by atoms with Gasteiger partial charge in [0.1, 0.15) is 11.3 Å². The summed E-state index contributed by atoms with van der Waals surface area (Å²) < 4.78 is 4.00. The summed E-state index contributed by atoms with van der Waals surface area (Å²) in [6.45, 7) is 2.64. The van der Waals surface area contributed by atoms with E-state index in [0.717, 1.165) is 52.9 Å². The number of fused-ring (bicyclic) bond motifs is 2. The Hall–Kier alpha value is -4.85. The average molecular weight is 514 g/mol. The van der Waals surface area contributed by atoms with Crippen molar-refractivity contribution in [3.8, 4) is 22.5 Å². The van der Waals surface area contributed by atoms with Gasteiger partial charge in [-0.1, -0.05) is 79.7 Å². The summed E-state index contributed by atoms with van der Waals surface area (Å²) in [4.78, 5) is 18.7. The monoisotopic (exact) mass is 513 g/mol. The molecule has 6 aromatic rings. The van der Waals surface area contributed by atoms with E-state index in [4.69, 9.17) is 4.98 Å². The molecule has 1 N–H and O–H groups in total. The Labute approximate surface area is 225 Å². The number of aromatic amines is 1. The van der Waals surface area contributed by atoms with Crippen molar-refractivity contribution in [2.75, 3.05) is 0 Å². The summed E-state index contributed by atoms with van der Waals surface area (Å²) in [6.07, 6.45) is 4.49. The van der Waals surface area contributed by atoms with Crippen molar-refractivity contribution in [3.63, 3.8) is 0 Å². The highest BCUT2D eigenvalue weighted by Gasteiger charge is 2.29. The smallest absolute Gasteiger partial charge is 0.277 e. The molecule has 8 nitrogen and oxygen atoms in total. The van der Waals surface area contributed by atoms with Gasteiger partial charge in [-0.15, -0.1) is 10.2 Å². The van der Waals surface area contributed by atoms with E-state index in [1.54, 1.807) is 4.57 Å². The maximum absolute atomic E-state index is 13.8. The number of aromatic nitrogens is 7. The van der Waals surface area contributed by atoms with Crippen molar-refractivity contribution in [2.45, 2.75) is 38.8 Å². The molecule has 0 radical (unpaired) electrons. The number of benzene rings is 3. The zero-order valence-electron chi connectivity index (χ0n) is 21.6. The molecule has 0 bridgehead atoms. The number of aryl methyl sites for hydroxylation is 2. The van der Waals surface area contributed by atoms with E-state index in [1.165, 1.54) is 11.1 Å². The highest BCUT2D eigenvalue weighted by molar-refractivity contribution is 5.81. The molecule has 192 valence electrons. The number of tetrazole rings is 1. The van der Waals surface area contributed by atoms with Gasteiger partial charge in [-0.3, -0.25) is 4.79 Å². The van der Waals surface area contributed by atoms with E-state index in [2.05, 4.69) is 56.4 Å². The van der Waals surface area contributed by atoms with Gasteiger partial charge in [0, 0.05) is 18.2 Å². The van der Waals surface area contributed by atoms with Crippen LogP contribution in [0, 0.1) is 0 Å². The van der Waals surface area contributed by atoms with Crippen LogP contribution in [0.25, 0.3) is 33.5 Å². The molecule has 0 unspecified atom stereocenters. The molecular formula is C31H27N7O. The standard InChI is InChI=1S/C31H27N7O/c1-2-28-32-26-16-17-37(19-20-8-4-3-5-9-20)31(39)29(26)38(28)27-15-13-22-18-21(12-14-24(22)27)23-10-6-7-11-25(23)30-33-35-36-34-30/h3-12,14,16-18,27H,2,13,15,19H2,1H3,(H,33,34,35,36)/t27-/m0/s1. The highest BCUT2D eigenvalue weighted by atomic mass is 16.1. The van der Waals surface area contributed by atoms with Gasteiger partial charge in [-0.05, 0) is 51.9 Å². The number of hydrogen-bond donors (Lipinski definition) is 1. The van der Waals surface area contributed by atoms with E-state index in [9.17, 15) is 4.79 Å². The van der Waals surface area contributed by atoms with Crippen LogP contribution in [-0.4, -0.2) is 34.7 Å². The van der Waals surface area contributed by atoms with Crippen LogP contribution in [0.2, 0.25) is 0 Å². The van der Waals surface area contributed by atoms with Crippen molar-refractivity contribution >= 4 is 11.0 Å². The molecule has 0 saturated carbocycles. The molecule has 8 heteroatoms. The number of imidazole rings is 1. The lowest BCUT2D eigenvalue weighted by Crippen LogP contribution is -2.24. The predicted molar refractivity (Wildman–Crippen MR) is 150 cm³/mol. The van der Waals surface area contributed by atoms with Gasteiger partial charge < -0.3 is 9.13 Å². The maximum atomic E-state index is 13.8. The van der Waals surface area contributed by atoms with Crippen LogP contribution in [-0.2, 0) is 19.4 Å². The van der Waals surface area contributed by atoms with Crippen molar-refractivity contribution in [3.05, 3.63) is 118 Å². The van der Waals surface area contributed by atoms with Crippen molar-refractivity contribution in [1.82, 2.24) is 34.7 Å². The first-order valence-corrected chi connectivity index (χ1v) is 13.3. The molecule has 1 aliphatic carbocycles. The molecule has 0 aliphatic heterocycles. The lowest BCUT2D eigenvalue weighted by Gasteiger charge is -2.18. The molecule has 7 rings (SSSR count). The van der Waals surface area contributed by atoms with Crippen molar-refractivity contribution in [1.29, 1.82) is 0 Å². The molecule has 1 atom stereocenters. The van der Waals surface area contributed by atoms with E-state index >= 15 is 0 Å². The van der Waals surface area contributed by atoms with Crippen LogP contribution in [0.5, 0.6) is 0 Å².